The predicted octanol–water partition coefficient (Wildman–Crippen LogP) is 1.66. The zero-order valence-electron chi connectivity index (χ0n) is 15.7. The molecular weight excluding hydrogens is 364 g/mol. The molecule has 0 saturated heterocycles. The minimum atomic E-state index is -0.864. The molecule has 2 amide bonds. The van der Waals surface area contributed by atoms with Crippen LogP contribution in [0.25, 0.3) is 11.0 Å². The van der Waals surface area contributed by atoms with E-state index in [4.69, 9.17) is 4.74 Å². The number of hydrogen-bond acceptors (Lipinski definition) is 8. The van der Waals surface area contributed by atoms with Crippen LogP contribution >= 0.6 is 0 Å². The first-order valence-corrected chi connectivity index (χ1v) is 9.22. The quantitative estimate of drug-likeness (QED) is 0.283. The molecule has 28 heavy (non-hydrogen) atoms. The number of hydrogen-bond donors (Lipinski definition) is 3. The lowest BCUT2D eigenvalue weighted by atomic mass is 9.79. The van der Waals surface area contributed by atoms with Gasteiger partial charge in [-0.1, -0.05) is 25.7 Å². The van der Waals surface area contributed by atoms with Crippen molar-refractivity contribution < 1.29 is 19.5 Å². The highest BCUT2D eigenvalue weighted by Gasteiger charge is 2.40. The van der Waals surface area contributed by atoms with Crippen LogP contribution in [-0.4, -0.2) is 51.4 Å². The number of hydroxylamine groups is 2. The Kier molecular flexibility index (Phi) is 6.19. The lowest BCUT2D eigenvalue weighted by molar-refractivity contribution is -0.161. The molecule has 150 valence electrons. The Bertz CT molecular complexity index is 838. The third-order valence-electron chi connectivity index (χ3n) is 5.08. The number of anilines is 1. The van der Waals surface area contributed by atoms with E-state index in [0.717, 1.165) is 25.7 Å². The van der Waals surface area contributed by atoms with Crippen molar-refractivity contribution in [1.29, 1.82) is 0 Å². The molecule has 1 aromatic carbocycles. The molecule has 1 aliphatic rings. The Hall–Kier alpha value is -3.01. The van der Waals surface area contributed by atoms with Gasteiger partial charge in [-0.3, -0.25) is 25.6 Å². The summed E-state index contributed by atoms with van der Waals surface area (Å²) in [6.07, 6.45) is 5.25. The highest BCUT2D eigenvalue weighted by atomic mass is 16.5. The number of ether oxygens (including phenoxy) is 1. The van der Waals surface area contributed by atoms with Gasteiger partial charge in [0, 0.05) is 6.07 Å². The summed E-state index contributed by atoms with van der Waals surface area (Å²) in [4.78, 5) is 28.1. The topological polar surface area (TPSA) is 130 Å². The molecule has 1 fully saturated rings. The lowest BCUT2D eigenvalue weighted by Crippen LogP contribution is -2.49. The van der Waals surface area contributed by atoms with E-state index < -0.39 is 5.41 Å². The number of amides is 2. The van der Waals surface area contributed by atoms with Crippen LogP contribution in [0.1, 0.15) is 38.5 Å². The van der Waals surface area contributed by atoms with Gasteiger partial charge < -0.3 is 4.74 Å². The Balaban J connectivity index is 1.72. The molecule has 3 rings (SSSR count). The van der Waals surface area contributed by atoms with Crippen LogP contribution in [0.2, 0.25) is 0 Å². The number of hydrazine groups is 1. The van der Waals surface area contributed by atoms with Gasteiger partial charge in [0.15, 0.2) is 0 Å². The summed E-state index contributed by atoms with van der Waals surface area (Å²) < 4.78 is 5.14. The number of methoxy groups -OCH3 is 1. The molecule has 0 radical (unpaired) electrons. The zero-order chi connectivity index (χ0) is 20.0. The van der Waals surface area contributed by atoms with Crippen LogP contribution in [0.3, 0.4) is 0 Å². The Morgan fingerprint density at radius 3 is 2.68 bits per heavy atom. The highest BCUT2D eigenvalue weighted by molar-refractivity contribution is 5.84. The monoisotopic (exact) mass is 388 g/mol. The molecule has 1 aliphatic carbocycles. The molecule has 10 heteroatoms. The molecule has 3 N–H and O–H groups in total. The molecular formula is C18H24N6O4. The van der Waals surface area contributed by atoms with Gasteiger partial charge in [-0.05, 0) is 25.0 Å². The van der Waals surface area contributed by atoms with Crippen molar-refractivity contribution in [3.63, 3.8) is 0 Å². The molecule has 1 heterocycles. The van der Waals surface area contributed by atoms with Crippen molar-refractivity contribution in [2.24, 2.45) is 5.41 Å². The second-order valence-corrected chi connectivity index (χ2v) is 6.97. The maximum Gasteiger partial charge on any atom is 0.262 e. The molecule has 1 aromatic heterocycles. The van der Waals surface area contributed by atoms with E-state index in [2.05, 4.69) is 26.0 Å². The average molecular weight is 388 g/mol. The summed E-state index contributed by atoms with van der Waals surface area (Å²) in [5.41, 5.74) is 5.62. The second kappa shape index (κ2) is 8.79. The highest BCUT2D eigenvalue weighted by Crippen LogP contribution is 2.36. The molecule has 10 nitrogen and oxygen atoms in total. The first kappa shape index (κ1) is 19.7. The number of carbonyl (C=O) groups is 2. The van der Waals surface area contributed by atoms with Gasteiger partial charge in [0.25, 0.3) is 5.95 Å². The summed E-state index contributed by atoms with van der Waals surface area (Å²) in [5, 5.41) is 18.2. The van der Waals surface area contributed by atoms with Crippen LogP contribution in [0, 0.1) is 5.41 Å². The fraction of sp³-hybridized carbons (Fsp3) is 0.500. The normalized spacial score (nSPS) is 16.1. The first-order valence-electron chi connectivity index (χ1n) is 9.22. The van der Waals surface area contributed by atoms with Crippen molar-refractivity contribution >= 4 is 29.3 Å². The van der Waals surface area contributed by atoms with Gasteiger partial charge >= 0.3 is 0 Å². The number of fused-ring (bicyclic) bond motifs is 1. The number of nitrogens with one attached hydrogen (secondary N) is 2. The minimum absolute atomic E-state index is 0.0549. The van der Waals surface area contributed by atoms with Crippen molar-refractivity contribution in [1.82, 2.24) is 25.7 Å². The summed E-state index contributed by atoms with van der Waals surface area (Å²) >= 11 is 0. The Morgan fingerprint density at radius 1 is 1.25 bits per heavy atom. The van der Waals surface area contributed by atoms with E-state index in [9.17, 15) is 14.8 Å². The van der Waals surface area contributed by atoms with E-state index in [1.165, 1.54) is 0 Å². The number of carbonyl (C=O) groups excluding carboxylic acids is 2. The fourth-order valence-corrected chi connectivity index (χ4v) is 3.55. The van der Waals surface area contributed by atoms with E-state index in [-0.39, 0.29) is 18.4 Å². The van der Waals surface area contributed by atoms with Gasteiger partial charge in [0.2, 0.25) is 12.3 Å². The van der Waals surface area contributed by atoms with E-state index in [1.807, 2.05) is 0 Å². The number of benzene rings is 1. The van der Waals surface area contributed by atoms with Crippen LogP contribution < -0.4 is 15.6 Å². The van der Waals surface area contributed by atoms with E-state index in [0.29, 0.717) is 41.1 Å². The third-order valence-corrected chi connectivity index (χ3v) is 5.08. The SMILES string of the molecule is COc1ccc2nc(NNC(=O)C3(CN(O)C=O)CCCCCC3)nnc2c1. The molecule has 0 spiro atoms. The summed E-state index contributed by atoms with van der Waals surface area (Å²) in [6.45, 7) is -0.0549. The smallest absolute Gasteiger partial charge is 0.262 e. The van der Waals surface area contributed by atoms with Gasteiger partial charge in [-0.25, -0.2) is 10.0 Å². The standard InChI is InChI=1S/C18H24N6O4/c1-28-13-6-7-14-15(10-13)20-22-17(19-14)23-21-16(26)18(11-24(27)12-25)8-4-2-3-5-9-18/h6-7,10,12,27H,2-5,8-9,11H2,1H3,(H,21,26)(H,19,22,23). The van der Waals surface area contributed by atoms with Gasteiger partial charge in [-0.15, -0.1) is 10.2 Å². The van der Waals surface area contributed by atoms with Crippen molar-refractivity contribution in [3.8, 4) is 5.75 Å². The van der Waals surface area contributed by atoms with Gasteiger partial charge in [0.05, 0.1) is 24.6 Å². The maximum absolute atomic E-state index is 12.9. The third kappa shape index (κ3) is 4.45. The number of rotatable bonds is 7. The van der Waals surface area contributed by atoms with Gasteiger partial charge in [0.1, 0.15) is 11.3 Å². The Morgan fingerprint density at radius 2 is 2.00 bits per heavy atom. The van der Waals surface area contributed by atoms with Crippen LogP contribution in [0.5, 0.6) is 5.75 Å². The minimum Gasteiger partial charge on any atom is -0.497 e. The van der Waals surface area contributed by atoms with Crippen molar-refractivity contribution in [3.05, 3.63) is 18.2 Å². The van der Waals surface area contributed by atoms with Crippen LogP contribution in [0.4, 0.5) is 5.95 Å². The zero-order valence-corrected chi connectivity index (χ0v) is 15.7. The summed E-state index contributed by atoms with van der Waals surface area (Å²) in [7, 11) is 1.56. The largest absolute Gasteiger partial charge is 0.497 e. The number of aromatic nitrogens is 3. The molecule has 1 saturated carbocycles. The maximum atomic E-state index is 12.9. The Labute approximate surface area is 162 Å². The fourth-order valence-electron chi connectivity index (χ4n) is 3.55. The molecule has 0 bridgehead atoms. The summed E-state index contributed by atoms with van der Waals surface area (Å²) in [6, 6.07) is 5.22. The predicted molar refractivity (Wildman–Crippen MR) is 100 cm³/mol. The lowest BCUT2D eigenvalue weighted by Gasteiger charge is -2.32. The number of nitrogens with zero attached hydrogens (tertiary/aromatic N) is 4. The molecule has 0 aliphatic heterocycles. The summed E-state index contributed by atoms with van der Waals surface area (Å²) in [5.74, 6) is 0.483. The molecule has 2 aromatic rings. The first-order chi connectivity index (χ1) is 13.6. The van der Waals surface area contributed by atoms with Crippen LogP contribution in [-0.2, 0) is 9.59 Å². The van der Waals surface area contributed by atoms with Crippen molar-refractivity contribution in [2.45, 2.75) is 38.5 Å². The molecule has 0 unspecified atom stereocenters. The molecule has 0 atom stereocenters. The van der Waals surface area contributed by atoms with E-state index in [1.54, 1.807) is 25.3 Å². The van der Waals surface area contributed by atoms with E-state index >= 15 is 0 Å². The average Bonchev–Trinajstić information content (AvgIpc) is 2.97. The van der Waals surface area contributed by atoms with Crippen molar-refractivity contribution in [2.75, 3.05) is 19.1 Å². The van der Waals surface area contributed by atoms with Gasteiger partial charge in [-0.2, -0.15) is 0 Å². The van der Waals surface area contributed by atoms with Crippen LogP contribution in [0.15, 0.2) is 18.2 Å². The second-order valence-electron chi connectivity index (χ2n) is 6.97.